The highest BCUT2D eigenvalue weighted by molar-refractivity contribution is 6.32. The Labute approximate surface area is 129 Å². The van der Waals surface area contributed by atoms with E-state index < -0.39 is 6.10 Å². The minimum Gasteiger partial charge on any atom is -0.493 e. The fourth-order valence-corrected chi connectivity index (χ4v) is 2.21. The van der Waals surface area contributed by atoms with E-state index in [0.717, 1.165) is 5.56 Å². The van der Waals surface area contributed by atoms with E-state index in [1.54, 1.807) is 12.1 Å². The van der Waals surface area contributed by atoms with E-state index in [4.69, 9.17) is 26.8 Å². The molecule has 0 saturated carbocycles. The Hall–Kier alpha value is -1.75. The van der Waals surface area contributed by atoms with Gasteiger partial charge < -0.3 is 20.3 Å². The van der Waals surface area contributed by atoms with Crippen LogP contribution in [0.4, 0.5) is 0 Å². The summed E-state index contributed by atoms with van der Waals surface area (Å²) in [7, 11) is 1.53. The monoisotopic (exact) mass is 307 g/mol. The zero-order valence-corrected chi connectivity index (χ0v) is 12.5. The first kappa shape index (κ1) is 15.6. The third kappa shape index (κ3) is 3.88. The molecule has 2 aromatic carbocycles. The van der Waals surface area contributed by atoms with Gasteiger partial charge in [0.25, 0.3) is 0 Å². The van der Waals surface area contributed by atoms with Gasteiger partial charge in [-0.25, -0.2) is 0 Å². The van der Waals surface area contributed by atoms with Crippen LogP contribution in [0.15, 0.2) is 42.5 Å². The topological polar surface area (TPSA) is 64.7 Å². The lowest BCUT2D eigenvalue weighted by Gasteiger charge is -2.16. The summed E-state index contributed by atoms with van der Waals surface area (Å²) < 4.78 is 11.0. The van der Waals surface area contributed by atoms with Crippen molar-refractivity contribution in [2.24, 2.45) is 5.73 Å². The molecule has 0 fully saturated rings. The van der Waals surface area contributed by atoms with Crippen molar-refractivity contribution in [3.05, 3.63) is 58.6 Å². The molecule has 0 aliphatic heterocycles. The molecule has 0 radical (unpaired) electrons. The second-order valence-electron chi connectivity index (χ2n) is 4.56. The summed E-state index contributed by atoms with van der Waals surface area (Å²) in [4.78, 5) is 0. The molecule has 0 saturated heterocycles. The molecular formula is C16H18ClNO3. The first-order chi connectivity index (χ1) is 10.2. The number of hydrogen-bond donors (Lipinski definition) is 2. The van der Waals surface area contributed by atoms with Gasteiger partial charge in [-0.3, -0.25) is 0 Å². The smallest absolute Gasteiger partial charge is 0.180 e. The third-order valence-corrected chi connectivity index (χ3v) is 3.37. The molecule has 21 heavy (non-hydrogen) atoms. The Bertz CT molecular complexity index is 590. The lowest BCUT2D eigenvalue weighted by molar-refractivity contribution is 0.186. The van der Waals surface area contributed by atoms with Crippen LogP contribution in [-0.4, -0.2) is 18.8 Å². The van der Waals surface area contributed by atoms with Crippen molar-refractivity contribution in [1.82, 2.24) is 0 Å². The van der Waals surface area contributed by atoms with Crippen molar-refractivity contribution in [1.29, 1.82) is 0 Å². The summed E-state index contributed by atoms with van der Waals surface area (Å²) in [6, 6.07) is 13.1. The summed E-state index contributed by atoms with van der Waals surface area (Å²) in [5.74, 6) is 0.928. The van der Waals surface area contributed by atoms with Crippen LogP contribution in [0, 0.1) is 0 Å². The van der Waals surface area contributed by atoms with Crippen LogP contribution in [0.5, 0.6) is 11.5 Å². The first-order valence-electron chi connectivity index (χ1n) is 6.58. The highest BCUT2D eigenvalue weighted by Crippen LogP contribution is 2.38. The molecule has 0 spiro atoms. The minimum absolute atomic E-state index is 0.115. The van der Waals surface area contributed by atoms with Gasteiger partial charge in [0.2, 0.25) is 0 Å². The average Bonchev–Trinajstić information content (AvgIpc) is 2.53. The van der Waals surface area contributed by atoms with Crippen LogP contribution >= 0.6 is 11.6 Å². The molecule has 0 aliphatic carbocycles. The van der Waals surface area contributed by atoms with E-state index in [-0.39, 0.29) is 6.54 Å². The Morgan fingerprint density at radius 1 is 1.24 bits per heavy atom. The highest BCUT2D eigenvalue weighted by atomic mass is 35.5. The highest BCUT2D eigenvalue weighted by Gasteiger charge is 2.15. The quantitative estimate of drug-likeness (QED) is 0.861. The maximum absolute atomic E-state index is 9.79. The molecule has 3 N–H and O–H groups in total. The standard InChI is InChI=1S/C16H18ClNO3/c1-20-15-8-12(14(19)9-18)7-13(17)16(15)21-10-11-5-3-2-4-6-11/h2-8,14,19H,9-10,18H2,1H3/t14-/m0/s1. The molecule has 0 aliphatic rings. The molecule has 0 amide bonds. The van der Waals surface area contributed by atoms with Crippen LogP contribution in [0.3, 0.4) is 0 Å². The van der Waals surface area contributed by atoms with Crippen molar-refractivity contribution >= 4 is 11.6 Å². The van der Waals surface area contributed by atoms with E-state index in [2.05, 4.69) is 0 Å². The molecule has 4 nitrogen and oxygen atoms in total. The number of ether oxygens (including phenoxy) is 2. The molecule has 0 heterocycles. The summed E-state index contributed by atoms with van der Waals surface area (Å²) in [5.41, 5.74) is 7.09. The van der Waals surface area contributed by atoms with Gasteiger partial charge in [-0.2, -0.15) is 0 Å². The van der Waals surface area contributed by atoms with E-state index in [1.807, 2.05) is 30.3 Å². The Morgan fingerprint density at radius 3 is 2.57 bits per heavy atom. The van der Waals surface area contributed by atoms with Gasteiger partial charge >= 0.3 is 0 Å². The van der Waals surface area contributed by atoms with Crippen molar-refractivity contribution in [3.8, 4) is 11.5 Å². The van der Waals surface area contributed by atoms with Crippen molar-refractivity contribution in [3.63, 3.8) is 0 Å². The van der Waals surface area contributed by atoms with Gasteiger partial charge in [0, 0.05) is 6.54 Å². The minimum atomic E-state index is -0.778. The van der Waals surface area contributed by atoms with Gasteiger partial charge in [-0.1, -0.05) is 41.9 Å². The largest absolute Gasteiger partial charge is 0.493 e. The third-order valence-electron chi connectivity index (χ3n) is 3.09. The number of aliphatic hydroxyl groups is 1. The van der Waals surface area contributed by atoms with E-state index in [1.165, 1.54) is 7.11 Å². The predicted molar refractivity (Wildman–Crippen MR) is 82.8 cm³/mol. The van der Waals surface area contributed by atoms with E-state index >= 15 is 0 Å². The molecular weight excluding hydrogens is 290 g/mol. The zero-order valence-electron chi connectivity index (χ0n) is 11.8. The number of aliphatic hydroxyl groups excluding tert-OH is 1. The molecule has 1 atom stereocenters. The fourth-order valence-electron chi connectivity index (χ4n) is 1.94. The second kappa shape index (κ2) is 7.31. The Balaban J connectivity index is 2.22. The summed E-state index contributed by atoms with van der Waals surface area (Å²) in [6.45, 7) is 0.499. The fraction of sp³-hybridized carbons (Fsp3) is 0.250. The molecule has 5 heteroatoms. The van der Waals surface area contributed by atoms with Gasteiger partial charge in [0.15, 0.2) is 11.5 Å². The molecule has 2 aromatic rings. The van der Waals surface area contributed by atoms with Crippen LogP contribution < -0.4 is 15.2 Å². The van der Waals surface area contributed by atoms with Crippen LogP contribution in [-0.2, 0) is 6.61 Å². The van der Waals surface area contributed by atoms with Gasteiger partial charge in [-0.15, -0.1) is 0 Å². The second-order valence-corrected chi connectivity index (χ2v) is 4.97. The van der Waals surface area contributed by atoms with Gasteiger partial charge in [-0.05, 0) is 23.3 Å². The molecule has 2 rings (SSSR count). The average molecular weight is 308 g/mol. The lowest BCUT2D eigenvalue weighted by Crippen LogP contribution is -2.12. The molecule has 112 valence electrons. The normalized spacial score (nSPS) is 12.0. The molecule has 0 unspecified atom stereocenters. The Morgan fingerprint density at radius 2 is 1.95 bits per heavy atom. The number of rotatable bonds is 6. The van der Waals surface area contributed by atoms with Crippen molar-refractivity contribution in [2.75, 3.05) is 13.7 Å². The van der Waals surface area contributed by atoms with E-state index in [0.29, 0.717) is 28.7 Å². The zero-order chi connectivity index (χ0) is 15.2. The Kier molecular flexibility index (Phi) is 5.44. The van der Waals surface area contributed by atoms with Crippen LogP contribution in [0.2, 0.25) is 5.02 Å². The maximum Gasteiger partial charge on any atom is 0.180 e. The van der Waals surface area contributed by atoms with Crippen molar-refractivity contribution < 1.29 is 14.6 Å². The van der Waals surface area contributed by atoms with Crippen LogP contribution in [0.25, 0.3) is 0 Å². The summed E-state index contributed by atoms with van der Waals surface area (Å²) >= 11 is 6.22. The number of methoxy groups -OCH3 is 1. The summed E-state index contributed by atoms with van der Waals surface area (Å²) in [5, 5.41) is 10.2. The SMILES string of the molecule is COc1cc([C@@H](O)CN)cc(Cl)c1OCc1ccccc1. The maximum atomic E-state index is 9.79. The summed E-state index contributed by atoms with van der Waals surface area (Å²) in [6.07, 6.45) is -0.778. The number of hydrogen-bond acceptors (Lipinski definition) is 4. The molecule has 0 aromatic heterocycles. The number of nitrogens with two attached hydrogens (primary N) is 1. The molecule has 0 bridgehead atoms. The van der Waals surface area contributed by atoms with Crippen LogP contribution in [0.1, 0.15) is 17.2 Å². The number of benzene rings is 2. The first-order valence-corrected chi connectivity index (χ1v) is 6.95. The van der Waals surface area contributed by atoms with Gasteiger partial charge in [0.05, 0.1) is 18.2 Å². The predicted octanol–water partition coefficient (Wildman–Crippen LogP) is 2.92. The lowest BCUT2D eigenvalue weighted by atomic mass is 10.1. The number of halogens is 1. The van der Waals surface area contributed by atoms with Gasteiger partial charge in [0.1, 0.15) is 6.61 Å². The van der Waals surface area contributed by atoms with E-state index in [9.17, 15) is 5.11 Å². The van der Waals surface area contributed by atoms with Crippen molar-refractivity contribution in [2.45, 2.75) is 12.7 Å².